The lowest BCUT2D eigenvalue weighted by Crippen LogP contribution is -2.42. The number of carboxylic acids is 2. The molecule has 0 aromatic heterocycles. The van der Waals surface area contributed by atoms with E-state index in [2.05, 4.69) is 5.32 Å². The standard InChI is InChI=1S/C13H16N2O5/c1-8-4-3-5-10(9(8)2)14-13(20)15(6-11(16)17)7-12(18)19/h3-5H,6-7H2,1-2H3,(H,14,20)(H,16,17)(H,18,19). The van der Waals surface area contributed by atoms with Crippen LogP contribution in [0.25, 0.3) is 0 Å². The zero-order valence-electron chi connectivity index (χ0n) is 11.2. The van der Waals surface area contributed by atoms with Crippen LogP contribution in [0.3, 0.4) is 0 Å². The van der Waals surface area contributed by atoms with Gasteiger partial charge in [-0.25, -0.2) is 4.79 Å². The molecule has 7 heteroatoms. The molecule has 0 spiro atoms. The number of carbonyl (C=O) groups is 3. The maximum atomic E-state index is 11.9. The normalized spacial score (nSPS) is 9.90. The Morgan fingerprint density at radius 2 is 1.65 bits per heavy atom. The fraction of sp³-hybridized carbons (Fsp3) is 0.308. The van der Waals surface area contributed by atoms with E-state index >= 15 is 0 Å². The van der Waals surface area contributed by atoms with Gasteiger partial charge in [-0.05, 0) is 31.0 Å². The van der Waals surface area contributed by atoms with Gasteiger partial charge in [-0.3, -0.25) is 9.59 Å². The van der Waals surface area contributed by atoms with Gasteiger partial charge in [0.25, 0.3) is 0 Å². The molecule has 0 aliphatic rings. The molecule has 0 unspecified atom stereocenters. The number of nitrogens with zero attached hydrogens (tertiary/aromatic N) is 1. The minimum Gasteiger partial charge on any atom is -0.480 e. The number of aliphatic carboxylic acids is 2. The Labute approximate surface area is 115 Å². The Hall–Kier alpha value is -2.57. The zero-order chi connectivity index (χ0) is 15.3. The summed E-state index contributed by atoms with van der Waals surface area (Å²) >= 11 is 0. The molecule has 0 radical (unpaired) electrons. The molecule has 0 fully saturated rings. The maximum absolute atomic E-state index is 11.9. The van der Waals surface area contributed by atoms with Crippen molar-refractivity contribution in [3.05, 3.63) is 29.3 Å². The molecule has 0 atom stereocenters. The highest BCUT2D eigenvalue weighted by Crippen LogP contribution is 2.18. The topological polar surface area (TPSA) is 107 Å². The van der Waals surface area contributed by atoms with Crippen molar-refractivity contribution in [2.75, 3.05) is 18.4 Å². The van der Waals surface area contributed by atoms with Crippen molar-refractivity contribution in [3.63, 3.8) is 0 Å². The third kappa shape index (κ3) is 4.27. The van der Waals surface area contributed by atoms with E-state index in [1.807, 2.05) is 19.9 Å². The second-order valence-electron chi connectivity index (χ2n) is 4.32. The minimum atomic E-state index is -1.28. The van der Waals surface area contributed by atoms with Gasteiger partial charge in [0.1, 0.15) is 13.1 Å². The van der Waals surface area contributed by atoms with Crippen LogP contribution in [-0.2, 0) is 9.59 Å². The first-order valence-corrected chi connectivity index (χ1v) is 5.87. The Kier molecular flexibility index (Phi) is 5.08. The first-order valence-electron chi connectivity index (χ1n) is 5.87. The highest BCUT2D eigenvalue weighted by atomic mass is 16.4. The number of amides is 2. The third-order valence-electron chi connectivity index (χ3n) is 2.79. The lowest BCUT2D eigenvalue weighted by Gasteiger charge is -2.20. The smallest absolute Gasteiger partial charge is 0.323 e. The number of hydrogen-bond acceptors (Lipinski definition) is 3. The SMILES string of the molecule is Cc1cccc(NC(=O)N(CC(=O)O)CC(=O)O)c1C. The fourth-order valence-electron chi connectivity index (χ4n) is 1.61. The molecule has 1 aromatic rings. The monoisotopic (exact) mass is 280 g/mol. The van der Waals surface area contributed by atoms with Crippen molar-refractivity contribution in [2.45, 2.75) is 13.8 Å². The van der Waals surface area contributed by atoms with Gasteiger partial charge in [0.15, 0.2) is 0 Å². The number of urea groups is 1. The van der Waals surface area contributed by atoms with Crippen molar-refractivity contribution in [3.8, 4) is 0 Å². The van der Waals surface area contributed by atoms with E-state index in [-0.39, 0.29) is 0 Å². The Bertz CT molecular complexity index is 526. The van der Waals surface area contributed by atoms with Crippen LogP contribution >= 0.6 is 0 Å². The average molecular weight is 280 g/mol. The van der Waals surface area contributed by atoms with E-state index < -0.39 is 31.1 Å². The number of carboxylic acid groups (broad SMARTS) is 2. The van der Waals surface area contributed by atoms with Gasteiger partial charge >= 0.3 is 18.0 Å². The second kappa shape index (κ2) is 6.55. The Morgan fingerprint density at radius 3 is 2.15 bits per heavy atom. The van der Waals surface area contributed by atoms with Gasteiger partial charge in [0.05, 0.1) is 0 Å². The van der Waals surface area contributed by atoms with Gasteiger partial charge in [0.2, 0.25) is 0 Å². The van der Waals surface area contributed by atoms with Crippen molar-refractivity contribution >= 4 is 23.7 Å². The molecule has 3 N–H and O–H groups in total. The van der Waals surface area contributed by atoms with E-state index in [1.165, 1.54) is 0 Å². The van der Waals surface area contributed by atoms with Crippen LogP contribution in [0.2, 0.25) is 0 Å². The van der Waals surface area contributed by atoms with Crippen LogP contribution in [0.15, 0.2) is 18.2 Å². The second-order valence-corrected chi connectivity index (χ2v) is 4.32. The summed E-state index contributed by atoms with van der Waals surface area (Å²) in [7, 11) is 0. The van der Waals surface area contributed by atoms with Crippen molar-refractivity contribution < 1.29 is 24.6 Å². The van der Waals surface area contributed by atoms with E-state index in [4.69, 9.17) is 10.2 Å². The van der Waals surface area contributed by atoms with E-state index in [0.717, 1.165) is 11.1 Å². The van der Waals surface area contributed by atoms with E-state index in [9.17, 15) is 14.4 Å². The number of hydrogen-bond donors (Lipinski definition) is 3. The number of carbonyl (C=O) groups excluding carboxylic acids is 1. The number of benzene rings is 1. The predicted molar refractivity (Wildman–Crippen MR) is 71.8 cm³/mol. The summed E-state index contributed by atoms with van der Waals surface area (Å²) in [5, 5.41) is 19.9. The summed E-state index contributed by atoms with van der Waals surface area (Å²) in [6.45, 7) is 2.33. The highest BCUT2D eigenvalue weighted by molar-refractivity contribution is 5.94. The van der Waals surface area contributed by atoms with Gasteiger partial charge in [0, 0.05) is 5.69 Å². The molecule has 0 saturated carbocycles. The van der Waals surface area contributed by atoms with Gasteiger partial charge in [-0.1, -0.05) is 12.1 Å². The van der Waals surface area contributed by atoms with Gasteiger partial charge in [-0.15, -0.1) is 0 Å². The first kappa shape index (κ1) is 15.5. The van der Waals surface area contributed by atoms with Crippen molar-refractivity contribution in [1.29, 1.82) is 0 Å². The highest BCUT2D eigenvalue weighted by Gasteiger charge is 2.20. The minimum absolute atomic E-state index is 0.524. The van der Waals surface area contributed by atoms with E-state index in [1.54, 1.807) is 12.1 Å². The summed E-state index contributed by atoms with van der Waals surface area (Å²) in [6, 6.07) is 4.52. The molecule has 2 amide bonds. The van der Waals surface area contributed by atoms with Crippen LogP contribution in [0.4, 0.5) is 10.5 Å². The molecule has 0 aliphatic heterocycles. The first-order chi connectivity index (χ1) is 9.31. The summed E-state index contributed by atoms with van der Waals surface area (Å²) in [5.41, 5.74) is 2.33. The third-order valence-corrected chi connectivity index (χ3v) is 2.79. The number of rotatable bonds is 5. The molecule has 0 bridgehead atoms. The number of nitrogens with one attached hydrogen (secondary N) is 1. The Morgan fingerprint density at radius 1 is 1.10 bits per heavy atom. The van der Waals surface area contributed by atoms with Gasteiger partial charge in [-0.2, -0.15) is 0 Å². The maximum Gasteiger partial charge on any atom is 0.323 e. The molecule has 20 heavy (non-hydrogen) atoms. The quantitative estimate of drug-likeness (QED) is 0.753. The lowest BCUT2D eigenvalue weighted by molar-refractivity contribution is -0.140. The van der Waals surface area contributed by atoms with Crippen molar-refractivity contribution in [2.24, 2.45) is 0 Å². The van der Waals surface area contributed by atoms with Crippen molar-refractivity contribution in [1.82, 2.24) is 4.90 Å². The molecular weight excluding hydrogens is 264 g/mol. The summed E-state index contributed by atoms with van der Waals surface area (Å²) < 4.78 is 0. The van der Waals surface area contributed by atoms with Crippen LogP contribution in [0.1, 0.15) is 11.1 Å². The van der Waals surface area contributed by atoms with Crippen LogP contribution in [0.5, 0.6) is 0 Å². The summed E-state index contributed by atoms with van der Waals surface area (Å²) in [6.07, 6.45) is 0. The molecule has 1 rings (SSSR count). The molecule has 0 saturated heterocycles. The zero-order valence-corrected chi connectivity index (χ0v) is 11.2. The summed E-state index contributed by atoms with van der Waals surface area (Å²) in [4.78, 5) is 34.0. The largest absolute Gasteiger partial charge is 0.480 e. The lowest BCUT2D eigenvalue weighted by atomic mass is 10.1. The Balaban J connectivity index is 2.87. The average Bonchev–Trinajstić information content (AvgIpc) is 2.33. The summed E-state index contributed by atoms with van der Waals surface area (Å²) in [5.74, 6) is -2.55. The predicted octanol–water partition coefficient (Wildman–Crippen LogP) is 1.31. The molecule has 7 nitrogen and oxygen atoms in total. The molecule has 108 valence electrons. The molecular formula is C13H16N2O5. The number of anilines is 1. The fourth-order valence-corrected chi connectivity index (χ4v) is 1.61. The van der Waals surface area contributed by atoms with Crippen LogP contribution in [0, 0.1) is 13.8 Å². The number of aryl methyl sites for hydroxylation is 1. The molecule has 0 aliphatic carbocycles. The van der Waals surface area contributed by atoms with Crippen LogP contribution in [-0.4, -0.2) is 46.2 Å². The van der Waals surface area contributed by atoms with E-state index in [0.29, 0.717) is 10.6 Å². The molecule has 1 aromatic carbocycles. The van der Waals surface area contributed by atoms with Gasteiger partial charge < -0.3 is 20.4 Å². The molecule has 0 heterocycles. The van der Waals surface area contributed by atoms with Crippen LogP contribution < -0.4 is 5.32 Å².